The minimum absolute atomic E-state index is 0.0424. The Balaban J connectivity index is 1.65. The van der Waals surface area contributed by atoms with Crippen molar-refractivity contribution in [2.75, 3.05) is 13.2 Å². The summed E-state index contributed by atoms with van der Waals surface area (Å²) in [4.78, 5) is 15.8. The van der Waals surface area contributed by atoms with Crippen molar-refractivity contribution in [3.05, 3.63) is 57.8 Å². The van der Waals surface area contributed by atoms with E-state index >= 15 is 0 Å². The zero-order chi connectivity index (χ0) is 15.8. The second-order valence-electron chi connectivity index (χ2n) is 4.60. The lowest BCUT2D eigenvalue weighted by molar-refractivity contribution is -0.120. The summed E-state index contributed by atoms with van der Waals surface area (Å²) in [5.41, 5.74) is 0.761. The van der Waals surface area contributed by atoms with Crippen molar-refractivity contribution < 1.29 is 9.53 Å². The minimum atomic E-state index is -0.0424. The average molecular weight is 384 g/mol. The van der Waals surface area contributed by atoms with Crippen LogP contribution in [0.5, 0.6) is 5.75 Å². The summed E-state index contributed by atoms with van der Waals surface area (Å²) in [5, 5.41) is 3.40. The largest absolute Gasteiger partial charge is 0.492 e. The number of pyridine rings is 1. The molecule has 0 saturated heterocycles. The van der Waals surface area contributed by atoms with E-state index in [1.807, 2.05) is 36.4 Å². The van der Waals surface area contributed by atoms with Gasteiger partial charge in [-0.25, -0.2) is 0 Å². The van der Waals surface area contributed by atoms with E-state index in [1.165, 1.54) is 0 Å². The van der Waals surface area contributed by atoms with E-state index in [2.05, 4.69) is 26.2 Å². The Hall–Kier alpha value is -1.59. The molecule has 0 aliphatic heterocycles. The number of amides is 1. The first-order valence-electron chi connectivity index (χ1n) is 6.90. The molecular weight excluding hydrogens is 368 g/mol. The number of hydrogen-bond donors (Lipinski definition) is 1. The molecule has 1 N–H and O–H groups in total. The average Bonchev–Trinajstić information content (AvgIpc) is 2.52. The van der Waals surface area contributed by atoms with Crippen molar-refractivity contribution >= 4 is 33.4 Å². The zero-order valence-electron chi connectivity index (χ0n) is 11.9. The topological polar surface area (TPSA) is 51.2 Å². The maximum atomic E-state index is 11.7. The molecule has 2 rings (SSSR count). The molecule has 1 aromatic carbocycles. The van der Waals surface area contributed by atoms with Crippen LogP contribution in [0.1, 0.15) is 12.1 Å². The van der Waals surface area contributed by atoms with Gasteiger partial charge in [-0.05, 0) is 46.6 Å². The first kappa shape index (κ1) is 16.8. The highest BCUT2D eigenvalue weighted by atomic mass is 79.9. The molecule has 2 aromatic rings. The van der Waals surface area contributed by atoms with Gasteiger partial charge in [0.15, 0.2) is 0 Å². The summed E-state index contributed by atoms with van der Waals surface area (Å²) in [7, 11) is 0. The molecule has 4 nitrogen and oxygen atoms in total. The summed E-state index contributed by atoms with van der Waals surface area (Å²) in [6, 6.07) is 11.1. The molecule has 1 heterocycles. The van der Waals surface area contributed by atoms with Gasteiger partial charge in [-0.1, -0.05) is 23.7 Å². The van der Waals surface area contributed by atoms with Gasteiger partial charge in [0.2, 0.25) is 5.91 Å². The van der Waals surface area contributed by atoms with Crippen LogP contribution in [0.4, 0.5) is 0 Å². The van der Waals surface area contributed by atoms with Gasteiger partial charge in [-0.2, -0.15) is 0 Å². The molecule has 0 spiro atoms. The predicted molar refractivity (Wildman–Crippen MR) is 90.2 cm³/mol. The molecule has 1 amide bonds. The molecule has 0 atom stereocenters. The predicted octanol–water partition coefficient (Wildman–Crippen LogP) is 3.63. The van der Waals surface area contributed by atoms with Crippen molar-refractivity contribution in [2.24, 2.45) is 0 Å². The number of hydrogen-bond acceptors (Lipinski definition) is 3. The van der Waals surface area contributed by atoms with E-state index < -0.39 is 0 Å². The van der Waals surface area contributed by atoms with Gasteiger partial charge in [0.05, 0.1) is 18.1 Å². The van der Waals surface area contributed by atoms with E-state index in [1.54, 1.807) is 6.20 Å². The van der Waals surface area contributed by atoms with Gasteiger partial charge in [0.25, 0.3) is 0 Å². The van der Waals surface area contributed by atoms with Crippen LogP contribution < -0.4 is 10.1 Å². The Morgan fingerprint density at radius 1 is 1.27 bits per heavy atom. The SMILES string of the molecule is O=C(Cc1ccccn1)NCCCOc1cccc(Br)c1Cl. The second-order valence-corrected chi connectivity index (χ2v) is 5.83. The van der Waals surface area contributed by atoms with Gasteiger partial charge < -0.3 is 10.1 Å². The van der Waals surface area contributed by atoms with E-state index in [4.69, 9.17) is 16.3 Å². The number of rotatable bonds is 7. The number of benzene rings is 1. The number of aromatic nitrogens is 1. The molecule has 116 valence electrons. The van der Waals surface area contributed by atoms with Crippen molar-refractivity contribution in [1.82, 2.24) is 10.3 Å². The standard InChI is InChI=1S/C16H16BrClN2O2/c17-13-6-3-7-14(16(13)18)22-10-4-9-20-15(21)11-12-5-1-2-8-19-12/h1-3,5-8H,4,9-11H2,(H,20,21). The van der Waals surface area contributed by atoms with Gasteiger partial charge in [0, 0.05) is 22.9 Å². The van der Waals surface area contributed by atoms with E-state index in [0.717, 1.165) is 10.2 Å². The van der Waals surface area contributed by atoms with Gasteiger partial charge in [-0.3, -0.25) is 9.78 Å². The van der Waals surface area contributed by atoms with E-state index in [9.17, 15) is 4.79 Å². The van der Waals surface area contributed by atoms with E-state index in [-0.39, 0.29) is 5.91 Å². The Morgan fingerprint density at radius 2 is 2.14 bits per heavy atom. The monoisotopic (exact) mass is 382 g/mol. The number of carbonyl (C=O) groups excluding carboxylic acids is 1. The van der Waals surface area contributed by atoms with Crippen LogP contribution in [-0.2, 0) is 11.2 Å². The highest BCUT2D eigenvalue weighted by Gasteiger charge is 2.05. The molecule has 0 unspecified atom stereocenters. The van der Waals surface area contributed by atoms with Crippen molar-refractivity contribution in [2.45, 2.75) is 12.8 Å². The molecular formula is C16H16BrClN2O2. The minimum Gasteiger partial charge on any atom is -0.492 e. The summed E-state index contributed by atoms with van der Waals surface area (Å²) in [5.74, 6) is 0.593. The number of nitrogens with zero attached hydrogens (tertiary/aromatic N) is 1. The third-order valence-corrected chi connectivity index (χ3v) is 4.16. The maximum Gasteiger partial charge on any atom is 0.226 e. The van der Waals surface area contributed by atoms with Crippen LogP contribution in [0.15, 0.2) is 47.1 Å². The first-order valence-corrected chi connectivity index (χ1v) is 8.07. The summed E-state index contributed by atoms with van der Waals surface area (Å²) in [6.07, 6.45) is 2.67. The number of nitrogens with one attached hydrogen (secondary N) is 1. The van der Waals surface area contributed by atoms with Gasteiger partial charge >= 0.3 is 0 Å². The molecule has 0 radical (unpaired) electrons. The summed E-state index contributed by atoms with van der Waals surface area (Å²) < 4.78 is 6.39. The molecule has 0 saturated carbocycles. The van der Waals surface area contributed by atoms with E-state index in [0.29, 0.717) is 36.8 Å². The van der Waals surface area contributed by atoms with Crippen LogP contribution in [0.25, 0.3) is 0 Å². The van der Waals surface area contributed by atoms with Gasteiger partial charge in [0.1, 0.15) is 5.75 Å². The fourth-order valence-corrected chi connectivity index (χ4v) is 2.34. The molecule has 0 aliphatic rings. The van der Waals surface area contributed by atoms with Crippen LogP contribution in [0, 0.1) is 0 Å². The van der Waals surface area contributed by atoms with Crippen LogP contribution in [0.3, 0.4) is 0 Å². The second kappa shape index (κ2) is 8.76. The van der Waals surface area contributed by atoms with Crippen molar-refractivity contribution in [3.63, 3.8) is 0 Å². The zero-order valence-corrected chi connectivity index (χ0v) is 14.2. The third kappa shape index (κ3) is 5.31. The lowest BCUT2D eigenvalue weighted by Gasteiger charge is -2.09. The van der Waals surface area contributed by atoms with Crippen molar-refractivity contribution in [1.29, 1.82) is 0 Å². The van der Waals surface area contributed by atoms with Gasteiger partial charge in [-0.15, -0.1) is 0 Å². The Labute approximate surface area is 143 Å². The number of halogens is 2. The van der Waals surface area contributed by atoms with Crippen molar-refractivity contribution in [3.8, 4) is 5.75 Å². The molecule has 0 aliphatic carbocycles. The molecule has 22 heavy (non-hydrogen) atoms. The molecule has 0 fully saturated rings. The third-order valence-electron chi connectivity index (χ3n) is 2.88. The fraction of sp³-hybridized carbons (Fsp3) is 0.250. The summed E-state index contributed by atoms with van der Waals surface area (Å²) in [6.45, 7) is 1.04. The first-order chi connectivity index (χ1) is 10.7. The quantitative estimate of drug-likeness (QED) is 0.743. The highest BCUT2D eigenvalue weighted by molar-refractivity contribution is 9.10. The Kier molecular flexibility index (Phi) is 6.68. The van der Waals surface area contributed by atoms with Crippen LogP contribution >= 0.6 is 27.5 Å². The molecule has 1 aromatic heterocycles. The summed E-state index contributed by atoms with van der Waals surface area (Å²) >= 11 is 9.44. The lowest BCUT2D eigenvalue weighted by atomic mass is 10.2. The van der Waals surface area contributed by atoms with Crippen LogP contribution in [-0.4, -0.2) is 24.0 Å². The normalized spacial score (nSPS) is 10.3. The Morgan fingerprint density at radius 3 is 2.91 bits per heavy atom. The highest BCUT2D eigenvalue weighted by Crippen LogP contribution is 2.31. The number of ether oxygens (including phenoxy) is 1. The smallest absolute Gasteiger partial charge is 0.226 e. The maximum absolute atomic E-state index is 11.7. The lowest BCUT2D eigenvalue weighted by Crippen LogP contribution is -2.27. The van der Waals surface area contributed by atoms with Crippen LogP contribution in [0.2, 0.25) is 5.02 Å². The molecule has 0 bridgehead atoms. The fourth-order valence-electron chi connectivity index (χ4n) is 1.81. The Bertz CT molecular complexity index is 623. The number of carbonyl (C=O) groups is 1. The molecule has 6 heteroatoms.